The van der Waals surface area contributed by atoms with E-state index in [9.17, 15) is 18.4 Å². The molecule has 0 aliphatic heterocycles. The maximum atomic E-state index is 12.1. The first-order chi connectivity index (χ1) is 12.9. The molecule has 0 aliphatic rings. The van der Waals surface area contributed by atoms with Gasteiger partial charge in [-0.25, -0.2) is 0 Å². The number of rotatable bonds is 10. The second-order valence-corrected chi connectivity index (χ2v) is 5.70. The molecule has 6 nitrogen and oxygen atoms in total. The summed E-state index contributed by atoms with van der Waals surface area (Å²) in [5.74, 6) is -0.103. The van der Waals surface area contributed by atoms with E-state index in [1.807, 2.05) is 0 Å². The van der Waals surface area contributed by atoms with E-state index in [0.29, 0.717) is 18.7 Å². The maximum absolute atomic E-state index is 12.1. The van der Waals surface area contributed by atoms with Gasteiger partial charge in [-0.15, -0.1) is 0 Å². The lowest BCUT2D eigenvalue weighted by molar-refractivity contribution is -0.123. The van der Waals surface area contributed by atoms with Crippen molar-refractivity contribution in [3.63, 3.8) is 0 Å². The van der Waals surface area contributed by atoms with Crippen LogP contribution in [0.25, 0.3) is 0 Å². The van der Waals surface area contributed by atoms with E-state index in [2.05, 4.69) is 10.1 Å². The van der Waals surface area contributed by atoms with E-state index in [0.717, 1.165) is 11.1 Å². The van der Waals surface area contributed by atoms with Gasteiger partial charge in [0.1, 0.15) is 11.5 Å². The summed E-state index contributed by atoms with van der Waals surface area (Å²) in [6.45, 7) is -2.61. The zero-order valence-corrected chi connectivity index (χ0v) is 14.5. The Bertz CT molecular complexity index is 749. The number of benzene rings is 2. The number of nitrogens with one attached hydrogen (secondary N) is 1. The van der Waals surface area contributed by atoms with E-state index in [1.165, 1.54) is 12.1 Å². The first-order valence-electron chi connectivity index (χ1n) is 8.23. The third kappa shape index (κ3) is 7.72. The Kier molecular flexibility index (Phi) is 7.54. The monoisotopic (exact) mass is 378 g/mol. The Morgan fingerprint density at radius 2 is 1.56 bits per heavy atom. The molecule has 0 bridgehead atoms. The van der Waals surface area contributed by atoms with Crippen molar-refractivity contribution in [2.45, 2.75) is 19.5 Å². The number of nitrogens with two attached hydrogens (primary N) is 1. The largest absolute Gasteiger partial charge is 0.484 e. The molecule has 2 aromatic rings. The Labute approximate surface area is 155 Å². The third-order valence-corrected chi connectivity index (χ3v) is 3.56. The molecule has 0 radical (unpaired) electrons. The summed E-state index contributed by atoms with van der Waals surface area (Å²) in [6.07, 6.45) is 0.693. The van der Waals surface area contributed by atoms with Gasteiger partial charge in [-0.3, -0.25) is 9.59 Å². The molecule has 0 saturated heterocycles. The Balaban J connectivity index is 1.68. The zero-order chi connectivity index (χ0) is 19.6. The summed E-state index contributed by atoms with van der Waals surface area (Å²) in [5, 5.41) is 2.71. The van der Waals surface area contributed by atoms with E-state index in [-0.39, 0.29) is 24.7 Å². The minimum absolute atomic E-state index is 0.0908. The third-order valence-electron chi connectivity index (χ3n) is 3.56. The van der Waals surface area contributed by atoms with Crippen LogP contribution in [0, 0.1) is 0 Å². The second kappa shape index (κ2) is 10.1. The zero-order valence-electron chi connectivity index (χ0n) is 14.5. The van der Waals surface area contributed by atoms with Crippen molar-refractivity contribution in [3.05, 3.63) is 59.7 Å². The van der Waals surface area contributed by atoms with Gasteiger partial charge in [-0.1, -0.05) is 24.3 Å². The van der Waals surface area contributed by atoms with Gasteiger partial charge in [-0.05, 0) is 41.8 Å². The number of halogens is 2. The van der Waals surface area contributed by atoms with Crippen LogP contribution in [0.15, 0.2) is 48.5 Å². The molecule has 3 N–H and O–H groups in total. The van der Waals surface area contributed by atoms with Crippen molar-refractivity contribution in [1.82, 2.24) is 5.32 Å². The minimum atomic E-state index is -2.85. The fourth-order valence-corrected chi connectivity index (χ4v) is 2.29. The quantitative estimate of drug-likeness (QED) is 0.662. The topological polar surface area (TPSA) is 90.7 Å². The highest BCUT2D eigenvalue weighted by Gasteiger charge is 2.05. The number of amides is 2. The Morgan fingerprint density at radius 3 is 2.15 bits per heavy atom. The molecule has 0 fully saturated rings. The molecule has 0 heterocycles. The van der Waals surface area contributed by atoms with Crippen LogP contribution in [0.4, 0.5) is 8.78 Å². The van der Waals surface area contributed by atoms with Crippen molar-refractivity contribution in [2.75, 3.05) is 13.2 Å². The van der Waals surface area contributed by atoms with Crippen LogP contribution in [0.3, 0.4) is 0 Å². The number of carbonyl (C=O) groups excluding carboxylic acids is 2. The van der Waals surface area contributed by atoms with E-state index < -0.39 is 12.5 Å². The van der Waals surface area contributed by atoms with Crippen molar-refractivity contribution >= 4 is 11.8 Å². The van der Waals surface area contributed by atoms with Crippen LogP contribution in [0.2, 0.25) is 0 Å². The van der Waals surface area contributed by atoms with Gasteiger partial charge in [0, 0.05) is 6.54 Å². The van der Waals surface area contributed by atoms with Crippen LogP contribution < -0.4 is 20.5 Å². The molecule has 27 heavy (non-hydrogen) atoms. The fourth-order valence-electron chi connectivity index (χ4n) is 2.29. The van der Waals surface area contributed by atoms with Crippen molar-refractivity contribution in [2.24, 2.45) is 5.73 Å². The first-order valence-corrected chi connectivity index (χ1v) is 8.23. The molecule has 0 aliphatic carbocycles. The predicted octanol–water partition coefficient (Wildman–Crippen LogP) is 2.05. The molecular formula is C19H20F2N2O4. The highest BCUT2D eigenvalue weighted by molar-refractivity contribution is 5.77. The number of primary amides is 1. The molecule has 0 spiro atoms. The molecule has 0 atom stereocenters. The highest BCUT2D eigenvalue weighted by Crippen LogP contribution is 2.15. The molecule has 8 heteroatoms. The lowest BCUT2D eigenvalue weighted by Crippen LogP contribution is -2.30. The summed E-state index contributed by atoms with van der Waals surface area (Å²) in [6, 6.07) is 13.0. The lowest BCUT2D eigenvalue weighted by atomic mass is 10.1. The molecule has 0 aromatic heterocycles. The fraction of sp³-hybridized carbons (Fsp3) is 0.263. The molecule has 0 unspecified atom stereocenters. The number of hydrogen-bond donors (Lipinski definition) is 2. The molecule has 2 rings (SSSR count). The van der Waals surface area contributed by atoms with Crippen LogP contribution in [-0.2, 0) is 22.4 Å². The Morgan fingerprint density at radius 1 is 0.963 bits per heavy atom. The van der Waals surface area contributed by atoms with Gasteiger partial charge >= 0.3 is 6.61 Å². The summed E-state index contributed by atoms with van der Waals surface area (Å²) in [4.78, 5) is 22.6. The average molecular weight is 378 g/mol. The number of carbonyl (C=O) groups is 2. The molecule has 0 saturated carbocycles. The normalized spacial score (nSPS) is 10.5. The van der Waals surface area contributed by atoms with Crippen LogP contribution in [0.1, 0.15) is 11.1 Å². The van der Waals surface area contributed by atoms with Crippen LogP contribution >= 0.6 is 0 Å². The van der Waals surface area contributed by atoms with Gasteiger partial charge in [0.15, 0.2) is 6.61 Å². The minimum Gasteiger partial charge on any atom is -0.484 e. The SMILES string of the molecule is NC(=O)Cc1ccc(OCC(=O)NCCc2ccc(OC(F)F)cc2)cc1. The van der Waals surface area contributed by atoms with Crippen molar-refractivity contribution in [3.8, 4) is 11.5 Å². The van der Waals surface area contributed by atoms with Crippen LogP contribution in [-0.4, -0.2) is 31.6 Å². The number of alkyl halides is 2. The predicted molar refractivity (Wildman–Crippen MR) is 94.6 cm³/mol. The summed E-state index contributed by atoms with van der Waals surface area (Å²) >= 11 is 0. The number of hydrogen-bond acceptors (Lipinski definition) is 4. The van der Waals surface area contributed by atoms with E-state index in [1.54, 1.807) is 36.4 Å². The first kappa shape index (κ1) is 20.2. The van der Waals surface area contributed by atoms with Gasteiger partial charge in [-0.2, -0.15) is 8.78 Å². The van der Waals surface area contributed by atoms with Crippen molar-refractivity contribution in [1.29, 1.82) is 0 Å². The average Bonchev–Trinajstić information content (AvgIpc) is 2.62. The van der Waals surface area contributed by atoms with E-state index in [4.69, 9.17) is 10.5 Å². The Hall–Kier alpha value is -3.16. The van der Waals surface area contributed by atoms with Gasteiger partial charge < -0.3 is 20.5 Å². The molecule has 2 amide bonds. The highest BCUT2D eigenvalue weighted by atomic mass is 19.3. The molecular weight excluding hydrogens is 358 g/mol. The van der Waals surface area contributed by atoms with Gasteiger partial charge in [0.25, 0.3) is 5.91 Å². The lowest BCUT2D eigenvalue weighted by Gasteiger charge is -2.09. The smallest absolute Gasteiger partial charge is 0.387 e. The standard InChI is InChI=1S/C19H20F2N2O4/c20-19(21)27-16-7-1-13(2-8-16)9-10-23-18(25)12-26-15-5-3-14(4-6-15)11-17(22)24/h1-8,19H,9-12H2,(H2,22,24)(H,23,25). The van der Waals surface area contributed by atoms with Crippen LogP contribution in [0.5, 0.6) is 11.5 Å². The maximum Gasteiger partial charge on any atom is 0.387 e. The van der Waals surface area contributed by atoms with E-state index >= 15 is 0 Å². The number of ether oxygens (including phenoxy) is 2. The summed E-state index contributed by atoms with van der Waals surface area (Å²) in [7, 11) is 0. The van der Waals surface area contributed by atoms with Crippen molar-refractivity contribution < 1.29 is 27.8 Å². The summed E-state index contributed by atoms with van der Waals surface area (Å²) in [5.41, 5.74) is 6.76. The van der Waals surface area contributed by atoms with Gasteiger partial charge in [0.05, 0.1) is 6.42 Å². The summed E-state index contributed by atoms with van der Waals surface area (Å²) < 4.78 is 33.8. The molecule has 2 aromatic carbocycles. The second-order valence-electron chi connectivity index (χ2n) is 5.70. The molecule has 144 valence electrons. The van der Waals surface area contributed by atoms with Gasteiger partial charge in [0.2, 0.25) is 5.91 Å².